The number of amides is 1. The number of fused-ring (bicyclic) bond motifs is 2. The van der Waals surface area contributed by atoms with Crippen molar-refractivity contribution in [2.45, 2.75) is 18.3 Å². The van der Waals surface area contributed by atoms with Crippen molar-refractivity contribution in [1.29, 1.82) is 0 Å². The van der Waals surface area contributed by atoms with Crippen LogP contribution in [0.1, 0.15) is 5.56 Å². The highest BCUT2D eigenvalue weighted by Gasteiger charge is 2.12. The second kappa shape index (κ2) is 9.48. The number of oxazole rings is 1. The quantitative estimate of drug-likeness (QED) is 0.342. The Morgan fingerprint density at radius 1 is 1.18 bits per heavy atom. The molecule has 34 heavy (non-hydrogen) atoms. The number of benzene rings is 2. The van der Waals surface area contributed by atoms with Gasteiger partial charge in [0.05, 0.1) is 25.0 Å². The molecule has 0 fully saturated rings. The van der Waals surface area contributed by atoms with Gasteiger partial charge in [0.2, 0.25) is 5.91 Å². The van der Waals surface area contributed by atoms with E-state index in [1.54, 1.807) is 16.8 Å². The van der Waals surface area contributed by atoms with Crippen LogP contribution in [-0.4, -0.2) is 42.5 Å². The summed E-state index contributed by atoms with van der Waals surface area (Å²) >= 11 is 1.22. The third-order valence-electron chi connectivity index (χ3n) is 5.11. The smallest absolute Gasteiger partial charge is 0.264 e. The molecule has 0 saturated carbocycles. The van der Waals surface area contributed by atoms with Crippen LogP contribution in [0.15, 0.2) is 75.5 Å². The Morgan fingerprint density at radius 2 is 2.06 bits per heavy atom. The van der Waals surface area contributed by atoms with Crippen molar-refractivity contribution in [2.75, 3.05) is 12.3 Å². The molecule has 0 unspecified atom stereocenters. The Bertz CT molecular complexity index is 1510. The van der Waals surface area contributed by atoms with Gasteiger partial charge in [-0.3, -0.25) is 14.2 Å². The minimum absolute atomic E-state index is 0.162. The standard InChI is InChI=1S/C23H19FN6O3S/c24-16-5-3-4-15(10-16)12-29-14-26-21-17(22(29)32)11-27-30(21)9-8-25-20(31)13-34-23-28-18-6-1-2-7-19(18)33-23/h1-7,10-11,14H,8-9,12-13H2,(H,25,31). The summed E-state index contributed by atoms with van der Waals surface area (Å²) in [5.74, 6) is -0.369. The van der Waals surface area contributed by atoms with E-state index in [1.807, 2.05) is 24.3 Å². The zero-order chi connectivity index (χ0) is 23.5. The number of nitrogens with zero attached hydrogens (tertiary/aromatic N) is 5. The molecule has 5 rings (SSSR count). The molecule has 0 aliphatic carbocycles. The van der Waals surface area contributed by atoms with E-state index >= 15 is 0 Å². The number of aromatic nitrogens is 5. The molecular formula is C23H19FN6O3S. The number of para-hydroxylation sites is 2. The molecule has 0 radical (unpaired) electrons. The molecule has 0 saturated heterocycles. The van der Waals surface area contributed by atoms with Crippen LogP contribution in [0.2, 0.25) is 0 Å². The molecule has 1 amide bonds. The molecule has 9 nitrogen and oxygen atoms in total. The van der Waals surface area contributed by atoms with Crippen molar-refractivity contribution in [3.63, 3.8) is 0 Å². The first-order chi connectivity index (χ1) is 16.6. The second-order valence-corrected chi connectivity index (χ2v) is 8.43. The van der Waals surface area contributed by atoms with E-state index in [4.69, 9.17) is 4.42 Å². The maximum absolute atomic E-state index is 13.4. The predicted octanol–water partition coefficient (Wildman–Crippen LogP) is 2.83. The Balaban J connectivity index is 1.17. The van der Waals surface area contributed by atoms with E-state index in [1.165, 1.54) is 41.0 Å². The molecule has 172 valence electrons. The fraction of sp³-hybridized carbons (Fsp3) is 0.174. The van der Waals surface area contributed by atoms with Crippen molar-refractivity contribution in [2.24, 2.45) is 0 Å². The van der Waals surface area contributed by atoms with Gasteiger partial charge in [0, 0.05) is 6.54 Å². The highest BCUT2D eigenvalue weighted by molar-refractivity contribution is 7.99. The molecule has 11 heteroatoms. The summed E-state index contributed by atoms with van der Waals surface area (Å²) in [7, 11) is 0. The molecule has 0 aliphatic heterocycles. The minimum Gasteiger partial charge on any atom is -0.431 e. The first kappa shape index (κ1) is 21.8. The molecule has 5 aromatic rings. The average molecular weight is 479 g/mol. The zero-order valence-electron chi connectivity index (χ0n) is 17.8. The molecular weight excluding hydrogens is 459 g/mol. The van der Waals surface area contributed by atoms with Crippen molar-refractivity contribution in [3.8, 4) is 0 Å². The van der Waals surface area contributed by atoms with Crippen LogP contribution in [0.25, 0.3) is 22.1 Å². The fourth-order valence-corrected chi connectivity index (χ4v) is 4.17. The highest BCUT2D eigenvalue weighted by Crippen LogP contribution is 2.22. The topological polar surface area (TPSA) is 108 Å². The van der Waals surface area contributed by atoms with E-state index in [9.17, 15) is 14.0 Å². The number of carbonyl (C=O) groups excluding carboxylic acids is 1. The number of rotatable bonds is 8. The molecule has 0 atom stereocenters. The predicted molar refractivity (Wildman–Crippen MR) is 125 cm³/mol. The number of hydrogen-bond acceptors (Lipinski definition) is 7. The Kier molecular flexibility index (Phi) is 6.09. The largest absolute Gasteiger partial charge is 0.431 e. The van der Waals surface area contributed by atoms with Crippen LogP contribution in [0.3, 0.4) is 0 Å². The number of nitrogens with one attached hydrogen (secondary N) is 1. The number of halogens is 1. The third-order valence-corrected chi connectivity index (χ3v) is 5.94. The number of carbonyl (C=O) groups is 1. The highest BCUT2D eigenvalue weighted by atomic mass is 32.2. The summed E-state index contributed by atoms with van der Waals surface area (Å²) in [4.78, 5) is 33.7. The van der Waals surface area contributed by atoms with Gasteiger partial charge in [-0.15, -0.1) is 0 Å². The normalized spacial score (nSPS) is 11.3. The average Bonchev–Trinajstić information content (AvgIpc) is 3.44. The van der Waals surface area contributed by atoms with Crippen LogP contribution < -0.4 is 10.9 Å². The molecule has 0 spiro atoms. The van der Waals surface area contributed by atoms with Gasteiger partial charge in [0.15, 0.2) is 11.2 Å². The van der Waals surface area contributed by atoms with Crippen LogP contribution in [0, 0.1) is 5.82 Å². The summed E-state index contributed by atoms with van der Waals surface area (Å²) in [5.41, 5.74) is 2.25. The van der Waals surface area contributed by atoms with E-state index < -0.39 is 0 Å². The van der Waals surface area contributed by atoms with Crippen LogP contribution >= 0.6 is 11.8 Å². The molecule has 3 heterocycles. The SMILES string of the molecule is O=C(CSc1nc2ccccc2o1)NCCn1ncc2c(=O)n(Cc3cccc(F)c3)cnc21. The first-order valence-corrected chi connectivity index (χ1v) is 11.5. The lowest BCUT2D eigenvalue weighted by atomic mass is 10.2. The van der Waals surface area contributed by atoms with Gasteiger partial charge < -0.3 is 9.73 Å². The maximum atomic E-state index is 13.4. The third kappa shape index (κ3) is 4.69. The minimum atomic E-state index is -0.360. The van der Waals surface area contributed by atoms with Crippen LogP contribution in [0.4, 0.5) is 4.39 Å². The van der Waals surface area contributed by atoms with E-state index in [0.717, 1.165) is 5.52 Å². The second-order valence-electron chi connectivity index (χ2n) is 7.50. The van der Waals surface area contributed by atoms with Gasteiger partial charge in [-0.1, -0.05) is 36.0 Å². The maximum Gasteiger partial charge on any atom is 0.264 e. The summed E-state index contributed by atoms with van der Waals surface area (Å²) in [6.45, 7) is 0.874. The lowest BCUT2D eigenvalue weighted by molar-refractivity contribution is -0.118. The zero-order valence-corrected chi connectivity index (χ0v) is 18.7. The van der Waals surface area contributed by atoms with Gasteiger partial charge in [-0.2, -0.15) is 5.10 Å². The summed E-state index contributed by atoms with van der Waals surface area (Å²) in [5, 5.41) is 7.85. The summed E-state index contributed by atoms with van der Waals surface area (Å²) < 4.78 is 22.0. The van der Waals surface area contributed by atoms with Gasteiger partial charge in [-0.05, 0) is 29.8 Å². The Labute approximate surface area is 196 Å². The summed E-state index contributed by atoms with van der Waals surface area (Å²) in [6, 6.07) is 13.5. The fourth-order valence-electron chi connectivity index (χ4n) is 3.50. The van der Waals surface area contributed by atoms with Crippen LogP contribution in [-0.2, 0) is 17.9 Å². The first-order valence-electron chi connectivity index (χ1n) is 10.5. The van der Waals surface area contributed by atoms with Crippen molar-refractivity contribution in [3.05, 3.63) is 82.8 Å². The molecule has 1 N–H and O–H groups in total. The molecule has 2 aromatic carbocycles. The lowest BCUT2D eigenvalue weighted by Crippen LogP contribution is -2.29. The Hall–Kier alpha value is -3.99. The van der Waals surface area contributed by atoms with Gasteiger partial charge in [-0.25, -0.2) is 19.0 Å². The lowest BCUT2D eigenvalue weighted by Gasteiger charge is -2.07. The van der Waals surface area contributed by atoms with Crippen LogP contribution in [0.5, 0.6) is 0 Å². The molecule has 3 aromatic heterocycles. The number of hydrogen-bond donors (Lipinski definition) is 1. The summed E-state index contributed by atoms with van der Waals surface area (Å²) in [6.07, 6.45) is 2.88. The van der Waals surface area contributed by atoms with Gasteiger partial charge in [0.25, 0.3) is 10.8 Å². The molecule has 0 aliphatic rings. The van der Waals surface area contributed by atoms with Crippen molar-refractivity contribution in [1.82, 2.24) is 29.6 Å². The van der Waals surface area contributed by atoms with E-state index in [-0.39, 0.29) is 29.6 Å². The van der Waals surface area contributed by atoms with Crippen molar-refractivity contribution >= 4 is 39.8 Å². The van der Waals surface area contributed by atoms with E-state index in [2.05, 4.69) is 20.4 Å². The van der Waals surface area contributed by atoms with Gasteiger partial charge in [0.1, 0.15) is 23.0 Å². The van der Waals surface area contributed by atoms with Gasteiger partial charge >= 0.3 is 0 Å². The molecule has 0 bridgehead atoms. The Morgan fingerprint density at radius 3 is 2.91 bits per heavy atom. The van der Waals surface area contributed by atoms with Crippen molar-refractivity contribution < 1.29 is 13.6 Å². The van der Waals surface area contributed by atoms with E-state index in [0.29, 0.717) is 40.5 Å². The monoisotopic (exact) mass is 478 g/mol. The number of thioether (sulfide) groups is 1.